The van der Waals surface area contributed by atoms with Crippen molar-refractivity contribution in [3.05, 3.63) is 125 Å². The molecule has 2 unspecified atom stereocenters. The van der Waals surface area contributed by atoms with Crippen LogP contribution in [0.1, 0.15) is 42.2 Å². The zero-order valence-electron chi connectivity index (χ0n) is 21.7. The number of hydrogen-bond donors (Lipinski definition) is 0. The summed E-state index contributed by atoms with van der Waals surface area (Å²) in [5.74, 6) is -3.27. The molecule has 1 heterocycles. The van der Waals surface area contributed by atoms with E-state index >= 15 is 0 Å². The molecule has 9 heteroatoms. The molecule has 3 atom stereocenters. The monoisotopic (exact) mass is 565 g/mol. The van der Waals surface area contributed by atoms with Crippen LogP contribution >= 0.6 is 0 Å². The van der Waals surface area contributed by atoms with E-state index in [0.29, 0.717) is 16.7 Å². The van der Waals surface area contributed by atoms with Crippen molar-refractivity contribution in [1.82, 2.24) is 0 Å². The molecule has 0 aromatic heterocycles. The van der Waals surface area contributed by atoms with Gasteiger partial charge in [-0.3, -0.25) is 9.79 Å². The minimum atomic E-state index is -4.79. The molecule has 0 spiro atoms. The summed E-state index contributed by atoms with van der Waals surface area (Å²) in [5.41, 5.74) is 2.61. The summed E-state index contributed by atoms with van der Waals surface area (Å²) in [7, 11) is 0. The lowest BCUT2D eigenvalue weighted by atomic mass is 9.90. The Kier molecular flexibility index (Phi) is 7.88. The van der Waals surface area contributed by atoms with E-state index in [2.05, 4.69) is 9.73 Å². The van der Waals surface area contributed by atoms with Crippen LogP contribution in [0.3, 0.4) is 0 Å². The van der Waals surface area contributed by atoms with E-state index < -0.39 is 42.0 Å². The smallest absolute Gasteiger partial charge is 0.457 e. The summed E-state index contributed by atoms with van der Waals surface area (Å²) < 4.78 is 76.4. The van der Waals surface area contributed by atoms with Gasteiger partial charge in [0.1, 0.15) is 23.5 Å². The van der Waals surface area contributed by atoms with Gasteiger partial charge in [0.2, 0.25) is 0 Å². The van der Waals surface area contributed by atoms with Crippen molar-refractivity contribution in [2.45, 2.75) is 31.9 Å². The third-order valence-corrected chi connectivity index (χ3v) is 6.88. The molecule has 0 N–H and O–H groups in total. The molecule has 0 bridgehead atoms. The second-order valence-corrected chi connectivity index (χ2v) is 9.61. The fourth-order valence-electron chi connectivity index (χ4n) is 4.87. The maximum absolute atomic E-state index is 14.6. The molecule has 0 saturated heterocycles. The summed E-state index contributed by atoms with van der Waals surface area (Å²) in [5, 5.41) is 0. The standard InChI is InChI=1S/C32H24F5NO3/c1-19(20-6-3-2-4-7-20)40-31(39)25-18-28(29-26(33)8-5-9-27(29)34)38-30(25)23-12-10-21(11-13-23)22-14-16-24(17-15-22)41-32(35,36)37/h2-17,19,25,30H,18H2,1H3/t19?,25-,30?/m0/s1. The van der Waals surface area contributed by atoms with Crippen molar-refractivity contribution in [2.75, 3.05) is 0 Å². The van der Waals surface area contributed by atoms with Crippen LogP contribution in [0.15, 0.2) is 102 Å². The first-order chi connectivity index (χ1) is 19.6. The fraction of sp³-hybridized carbons (Fsp3) is 0.188. The third-order valence-electron chi connectivity index (χ3n) is 6.88. The number of benzene rings is 4. The zero-order valence-corrected chi connectivity index (χ0v) is 21.7. The van der Waals surface area contributed by atoms with Gasteiger partial charge in [0.25, 0.3) is 0 Å². The predicted molar refractivity (Wildman–Crippen MR) is 143 cm³/mol. The van der Waals surface area contributed by atoms with Crippen molar-refractivity contribution in [2.24, 2.45) is 10.9 Å². The van der Waals surface area contributed by atoms with Crippen molar-refractivity contribution >= 4 is 11.7 Å². The Morgan fingerprint density at radius 1 is 0.829 bits per heavy atom. The van der Waals surface area contributed by atoms with E-state index in [4.69, 9.17) is 4.74 Å². The number of halogens is 5. The minimum Gasteiger partial charge on any atom is -0.457 e. The maximum atomic E-state index is 14.6. The Bertz CT molecular complexity index is 1530. The molecule has 210 valence electrons. The molecule has 4 aromatic rings. The lowest BCUT2D eigenvalue weighted by Crippen LogP contribution is -2.23. The average molecular weight is 566 g/mol. The molecule has 1 aliphatic heterocycles. The number of carbonyl (C=O) groups is 1. The largest absolute Gasteiger partial charge is 0.573 e. The molecular weight excluding hydrogens is 541 g/mol. The van der Waals surface area contributed by atoms with Gasteiger partial charge in [-0.2, -0.15) is 0 Å². The van der Waals surface area contributed by atoms with Gasteiger partial charge >= 0.3 is 12.3 Å². The third kappa shape index (κ3) is 6.45. The zero-order chi connectivity index (χ0) is 29.1. The predicted octanol–water partition coefficient (Wildman–Crippen LogP) is 8.39. The molecule has 0 fully saturated rings. The minimum absolute atomic E-state index is 0.0225. The van der Waals surface area contributed by atoms with Crippen LogP contribution in [-0.4, -0.2) is 18.0 Å². The van der Waals surface area contributed by atoms with Crippen molar-refractivity contribution in [3.8, 4) is 16.9 Å². The Morgan fingerprint density at radius 3 is 2.00 bits per heavy atom. The number of esters is 1. The summed E-state index contributed by atoms with van der Waals surface area (Å²) >= 11 is 0. The highest BCUT2D eigenvalue weighted by molar-refractivity contribution is 6.04. The average Bonchev–Trinajstić information content (AvgIpc) is 3.38. The number of aliphatic imine (C=N–C) groups is 1. The van der Waals surface area contributed by atoms with Crippen molar-refractivity contribution < 1.29 is 36.2 Å². The van der Waals surface area contributed by atoms with Crippen LogP contribution in [0, 0.1) is 17.6 Å². The van der Waals surface area contributed by atoms with Gasteiger partial charge in [0.05, 0.1) is 17.5 Å². The van der Waals surface area contributed by atoms with E-state index in [-0.39, 0.29) is 23.4 Å². The molecule has 5 rings (SSSR count). The van der Waals surface area contributed by atoms with Crippen LogP contribution in [0.5, 0.6) is 5.75 Å². The summed E-state index contributed by atoms with van der Waals surface area (Å²) in [6.07, 6.45) is -5.36. The Morgan fingerprint density at radius 2 is 1.41 bits per heavy atom. The van der Waals surface area contributed by atoms with E-state index in [9.17, 15) is 26.7 Å². The van der Waals surface area contributed by atoms with Crippen LogP contribution in [0.4, 0.5) is 22.0 Å². The molecule has 0 radical (unpaired) electrons. The van der Waals surface area contributed by atoms with Crippen LogP contribution in [0.2, 0.25) is 0 Å². The van der Waals surface area contributed by atoms with E-state index in [1.165, 1.54) is 30.3 Å². The topological polar surface area (TPSA) is 47.9 Å². The molecule has 0 saturated carbocycles. The summed E-state index contributed by atoms with van der Waals surface area (Å²) in [6, 6.07) is 24.3. The lowest BCUT2D eigenvalue weighted by molar-refractivity contribution is -0.274. The van der Waals surface area contributed by atoms with Crippen LogP contribution in [-0.2, 0) is 9.53 Å². The van der Waals surface area contributed by atoms with E-state index in [1.54, 1.807) is 31.2 Å². The number of carbonyl (C=O) groups excluding carboxylic acids is 1. The quantitative estimate of drug-likeness (QED) is 0.167. The summed E-state index contributed by atoms with van der Waals surface area (Å²) in [6.45, 7) is 1.75. The first kappa shape index (κ1) is 28.0. The fourth-order valence-corrected chi connectivity index (χ4v) is 4.87. The van der Waals surface area contributed by atoms with Gasteiger partial charge in [0, 0.05) is 12.1 Å². The summed E-state index contributed by atoms with van der Waals surface area (Å²) in [4.78, 5) is 18.0. The second-order valence-electron chi connectivity index (χ2n) is 9.61. The lowest BCUT2D eigenvalue weighted by Gasteiger charge is -2.21. The second kappa shape index (κ2) is 11.5. The molecular formula is C32H24F5NO3. The highest BCUT2D eigenvalue weighted by Crippen LogP contribution is 2.40. The molecule has 0 aliphatic carbocycles. The molecule has 0 amide bonds. The number of nitrogens with zero attached hydrogens (tertiary/aromatic N) is 1. The first-order valence-corrected chi connectivity index (χ1v) is 12.8. The van der Waals surface area contributed by atoms with Gasteiger partial charge in [-0.05, 0) is 53.4 Å². The molecule has 41 heavy (non-hydrogen) atoms. The van der Waals surface area contributed by atoms with E-state index in [1.807, 2.05) is 30.3 Å². The van der Waals surface area contributed by atoms with Crippen molar-refractivity contribution in [3.63, 3.8) is 0 Å². The Labute approximate surface area is 233 Å². The van der Waals surface area contributed by atoms with Gasteiger partial charge in [-0.15, -0.1) is 13.2 Å². The molecule has 4 aromatic carbocycles. The number of alkyl halides is 3. The SMILES string of the molecule is CC(OC(=O)[C@H]1CC(c2c(F)cccc2F)=NC1c1ccc(-c2ccc(OC(F)(F)F)cc2)cc1)c1ccccc1. The van der Waals surface area contributed by atoms with Gasteiger partial charge in [-0.1, -0.05) is 72.8 Å². The normalized spacial score (nSPS) is 17.6. The maximum Gasteiger partial charge on any atom is 0.573 e. The highest BCUT2D eigenvalue weighted by atomic mass is 19.4. The van der Waals surface area contributed by atoms with Crippen LogP contribution in [0.25, 0.3) is 11.1 Å². The first-order valence-electron chi connectivity index (χ1n) is 12.8. The van der Waals surface area contributed by atoms with Gasteiger partial charge in [-0.25, -0.2) is 8.78 Å². The number of ether oxygens (including phenoxy) is 2. The Hall–Kier alpha value is -4.53. The van der Waals surface area contributed by atoms with Gasteiger partial charge in [0.15, 0.2) is 0 Å². The number of hydrogen-bond acceptors (Lipinski definition) is 4. The van der Waals surface area contributed by atoms with Crippen LogP contribution < -0.4 is 4.74 Å². The number of rotatable bonds is 7. The van der Waals surface area contributed by atoms with Crippen molar-refractivity contribution in [1.29, 1.82) is 0 Å². The van der Waals surface area contributed by atoms with Gasteiger partial charge < -0.3 is 9.47 Å². The molecule has 4 nitrogen and oxygen atoms in total. The molecule has 1 aliphatic rings. The Balaban J connectivity index is 1.42. The highest BCUT2D eigenvalue weighted by Gasteiger charge is 2.39. The van der Waals surface area contributed by atoms with E-state index in [0.717, 1.165) is 17.7 Å².